The van der Waals surface area contributed by atoms with E-state index in [0.29, 0.717) is 5.69 Å². The van der Waals surface area contributed by atoms with Gasteiger partial charge in [0.2, 0.25) is 0 Å². The van der Waals surface area contributed by atoms with Gasteiger partial charge in [-0.15, -0.1) is 0 Å². The maximum absolute atomic E-state index is 11.4. The highest BCUT2D eigenvalue weighted by atomic mass is 35.5. The lowest BCUT2D eigenvalue weighted by molar-refractivity contribution is 0.516. The van der Waals surface area contributed by atoms with Gasteiger partial charge in [-0.25, -0.2) is 4.68 Å². The molecule has 0 unspecified atom stereocenters. The summed E-state index contributed by atoms with van der Waals surface area (Å²) in [6.07, 6.45) is 1.59. The van der Waals surface area contributed by atoms with Crippen LogP contribution in [0.1, 0.15) is 0 Å². The third-order valence-electron chi connectivity index (χ3n) is 2.31. The van der Waals surface area contributed by atoms with E-state index in [1.54, 1.807) is 13.2 Å². The summed E-state index contributed by atoms with van der Waals surface area (Å²) in [6, 6.07) is 0.176. The van der Waals surface area contributed by atoms with Gasteiger partial charge >= 0.3 is 0 Å². The van der Waals surface area contributed by atoms with Gasteiger partial charge in [0, 0.05) is 26.2 Å². The van der Waals surface area contributed by atoms with Crippen LogP contribution >= 0.6 is 11.6 Å². The first-order chi connectivity index (χ1) is 6.59. The van der Waals surface area contributed by atoms with Gasteiger partial charge in [0.05, 0.1) is 11.9 Å². The first-order valence-electron chi connectivity index (χ1n) is 4.32. The maximum Gasteiger partial charge on any atom is 0.287 e. The second-order valence-electron chi connectivity index (χ2n) is 3.44. The Morgan fingerprint density at radius 3 is 2.86 bits per heavy atom. The molecule has 0 aliphatic carbocycles. The van der Waals surface area contributed by atoms with Crippen molar-refractivity contribution in [1.29, 1.82) is 0 Å². The molecule has 0 saturated carbocycles. The van der Waals surface area contributed by atoms with Crippen LogP contribution in [0.2, 0.25) is 5.02 Å². The third kappa shape index (κ3) is 1.38. The average molecular weight is 215 g/mol. The predicted molar refractivity (Wildman–Crippen MR) is 54.7 cm³/mol. The van der Waals surface area contributed by atoms with Crippen molar-refractivity contribution >= 4 is 17.3 Å². The number of nitrogens with zero attached hydrogens (tertiary/aromatic N) is 3. The highest BCUT2D eigenvalue weighted by Crippen LogP contribution is 2.24. The van der Waals surface area contributed by atoms with Crippen LogP contribution < -0.4 is 16.2 Å². The minimum absolute atomic E-state index is 0.176. The van der Waals surface area contributed by atoms with Gasteiger partial charge in [-0.2, -0.15) is 5.10 Å². The number of aromatic nitrogens is 2. The molecule has 0 amide bonds. The van der Waals surface area contributed by atoms with Gasteiger partial charge < -0.3 is 10.6 Å². The normalized spacial score (nSPS) is 16.9. The number of aryl methyl sites for hydroxylation is 1. The fourth-order valence-corrected chi connectivity index (χ4v) is 1.72. The van der Waals surface area contributed by atoms with Crippen molar-refractivity contribution in [2.24, 2.45) is 12.8 Å². The lowest BCUT2D eigenvalue weighted by atomic mass is 10.1. The van der Waals surface area contributed by atoms with Crippen molar-refractivity contribution in [2.75, 3.05) is 18.0 Å². The molecule has 0 spiro atoms. The van der Waals surface area contributed by atoms with Crippen LogP contribution in [-0.2, 0) is 7.05 Å². The monoisotopic (exact) mass is 214 g/mol. The van der Waals surface area contributed by atoms with Gasteiger partial charge in [0.1, 0.15) is 5.02 Å². The second-order valence-corrected chi connectivity index (χ2v) is 3.82. The molecule has 2 N–H and O–H groups in total. The van der Waals surface area contributed by atoms with Crippen molar-refractivity contribution in [3.8, 4) is 0 Å². The van der Waals surface area contributed by atoms with Crippen LogP contribution in [0.3, 0.4) is 0 Å². The van der Waals surface area contributed by atoms with Gasteiger partial charge in [-0.3, -0.25) is 4.79 Å². The number of halogens is 1. The smallest absolute Gasteiger partial charge is 0.287 e. The van der Waals surface area contributed by atoms with Gasteiger partial charge in [-0.1, -0.05) is 11.6 Å². The quantitative estimate of drug-likeness (QED) is 0.690. The van der Waals surface area contributed by atoms with Crippen molar-refractivity contribution in [2.45, 2.75) is 6.04 Å². The molecule has 6 heteroatoms. The minimum Gasteiger partial charge on any atom is -0.366 e. The minimum atomic E-state index is -0.273. The van der Waals surface area contributed by atoms with Crippen LogP contribution in [0.15, 0.2) is 11.0 Å². The Bertz CT molecular complexity index is 410. The summed E-state index contributed by atoms with van der Waals surface area (Å²) in [6.45, 7) is 1.46. The zero-order chi connectivity index (χ0) is 10.3. The zero-order valence-electron chi connectivity index (χ0n) is 7.77. The van der Waals surface area contributed by atoms with Gasteiger partial charge in [0.15, 0.2) is 0 Å². The Morgan fingerprint density at radius 2 is 2.29 bits per heavy atom. The first-order valence-corrected chi connectivity index (χ1v) is 4.69. The van der Waals surface area contributed by atoms with Crippen LogP contribution in [0.25, 0.3) is 0 Å². The largest absolute Gasteiger partial charge is 0.366 e. The Labute approximate surface area is 86.1 Å². The molecule has 1 fully saturated rings. The predicted octanol–water partition coefficient (Wildman–Crippen LogP) is -0.419. The molecule has 76 valence electrons. The summed E-state index contributed by atoms with van der Waals surface area (Å²) in [5.41, 5.74) is 6.04. The van der Waals surface area contributed by atoms with E-state index in [1.807, 2.05) is 4.90 Å². The highest BCUT2D eigenvalue weighted by Gasteiger charge is 2.26. The van der Waals surface area contributed by atoms with Crippen LogP contribution in [0.4, 0.5) is 5.69 Å². The third-order valence-corrected chi connectivity index (χ3v) is 2.67. The van der Waals surface area contributed by atoms with E-state index < -0.39 is 0 Å². The highest BCUT2D eigenvalue weighted by molar-refractivity contribution is 6.33. The lowest BCUT2D eigenvalue weighted by Gasteiger charge is -2.38. The van der Waals surface area contributed by atoms with Crippen molar-refractivity contribution in [3.63, 3.8) is 0 Å². The lowest BCUT2D eigenvalue weighted by Crippen LogP contribution is -2.56. The second kappa shape index (κ2) is 3.25. The van der Waals surface area contributed by atoms with Crippen LogP contribution in [0.5, 0.6) is 0 Å². The molecular formula is C8H11ClN4O. The van der Waals surface area contributed by atoms with Crippen LogP contribution in [0, 0.1) is 0 Å². The molecule has 0 atom stereocenters. The zero-order valence-corrected chi connectivity index (χ0v) is 8.53. The van der Waals surface area contributed by atoms with Crippen molar-refractivity contribution in [1.82, 2.24) is 9.78 Å². The molecule has 2 heterocycles. The molecule has 0 aromatic carbocycles. The number of hydrogen-bond donors (Lipinski definition) is 1. The molecule has 1 aliphatic heterocycles. The fourth-order valence-electron chi connectivity index (χ4n) is 1.43. The standard InChI is InChI=1S/C8H11ClN4O/c1-12-8(14)7(9)6(2-11-12)13-3-5(10)4-13/h2,5H,3-4,10H2,1H3. The Hall–Kier alpha value is -1.07. The van der Waals surface area contributed by atoms with E-state index in [2.05, 4.69) is 5.10 Å². The number of rotatable bonds is 1. The summed E-state index contributed by atoms with van der Waals surface area (Å²) in [5.74, 6) is 0. The van der Waals surface area contributed by atoms with Crippen LogP contribution in [-0.4, -0.2) is 28.9 Å². The number of anilines is 1. The molecule has 1 aromatic rings. The Balaban J connectivity index is 2.36. The molecule has 0 bridgehead atoms. The SMILES string of the molecule is Cn1ncc(N2CC(N)C2)c(Cl)c1=O. The molecule has 1 aromatic heterocycles. The van der Waals surface area contributed by atoms with Crippen molar-refractivity contribution < 1.29 is 0 Å². The molecule has 2 rings (SSSR count). The Kier molecular flexibility index (Phi) is 2.20. The van der Waals surface area contributed by atoms with E-state index in [1.165, 1.54) is 4.68 Å². The fraction of sp³-hybridized carbons (Fsp3) is 0.500. The topological polar surface area (TPSA) is 64.2 Å². The summed E-state index contributed by atoms with van der Waals surface area (Å²) >= 11 is 5.90. The summed E-state index contributed by atoms with van der Waals surface area (Å²) < 4.78 is 1.21. The van der Waals surface area contributed by atoms with E-state index >= 15 is 0 Å². The summed E-state index contributed by atoms with van der Waals surface area (Å²) in [7, 11) is 1.57. The maximum atomic E-state index is 11.4. The van der Waals surface area contributed by atoms with E-state index in [4.69, 9.17) is 17.3 Å². The number of hydrogen-bond acceptors (Lipinski definition) is 4. The van der Waals surface area contributed by atoms with E-state index in [-0.39, 0.29) is 16.6 Å². The van der Waals surface area contributed by atoms with E-state index in [9.17, 15) is 4.79 Å². The van der Waals surface area contributed by atoms with Gasteiger partial charge in [0.25, 0.3) is 5.56 Å². The molecule has 1 aliphatic rings. The molecule has 0 radical (unpaired) electrons. The van der Waals surface area contributed by atoms with Crippen molar-refractivity contribution in [3.05, 3.63) is 21.6 Å². The molecule has 5 nitrogen and oxygen atoms in total. The summed E-state index contributed by atoms with van der Waals surface area (Å²) in [4.78, 5) is 13.4. The molecule has 1 saturated heterocycles. The molecular weight excluding hydrogens is 204 g/mol. The average Bonchev–Trinajstić information content (AvgIpc) is 2.11. The van der Waals surface area contributed by atoms with Gasteiger partial charge in [-0.05, 0) is 0 Å². The first kappa shape index (κ1) is 9.48. The Morgan fingerprint density at radius 1 is 1.64 bits per heavy atom. The molecule has 14 heavy (non-hydrogen) atoms. The van der Waals surface area contributed by atoms with E-state index in [0.717, 1.165) is 13.1 Å². The summed E-state index contributed by atoms with van der Waals surface area (Å²) in [5, 5.41) is 4.12. The number of nitrogens with two attached hydrogens (primary N) is 1.